The van der Waals surface area contributed by atoms with Crippen molar-refractivity contribution in [2.45, 2.75) is 66.0 Å². The van der Waals surface area contributed by atoms with Crippen molar-refractivity contribution in [3.05, 3.63) is 0 Å². The number of hydrogen-bond donors (Lipinski definition) is 1. The summed E-state index contributed by atoms with van der Waals surface area (Å²) >= 11 is 0. The summed E-state index contributed by atoms with van der Waals surface area (Å²) in [5, 5.41) is 0. The molecular formula is C13H29NO. The number of hydrogen-bond acceptors (Lipinski definition) is 2. The molecular weight excluding hydrogens is 186 g/mol. The second-order valence-corrected chi connectivity index (χ2v) is 4.75. The van der Waals surface area contributed by atoms with E-state index in [4.69, 9.17) is 10.5 Å². The Labute approximate surface area is 95.6 Å². The van der Waals surface area contributed by atoms with Crippen LogP contribution in [0.1, 0.15) is 53.9 Å². The summed E-state index contributed by atoms with van der Waals surface area (Å²) in [5.41, 5.74) is 6.23. The van der Waals surface area contributed by atoms with E-state index in [9.17, 15) is 0 Å². The third-order valence-electron chi connectivity index (χ3n) is 3.20. The lowest BCUT2D eigenvalue weighted by molar-refractivity contribution is 0.00708. The van der Waals surface area contributed by atoms with Crippen molar-refractivity contribution in [2.75, 3.05) is 6.61 Å². The van der Waals surface area contributed by atoms with E-state index in [2.05, 4.69) is 27.7 Å². The zero-order valence-electron chi connectivity index (χ0n) is 11.1. The Bertz CT molecular complexity index is 143. The lowest BCUT2D eigenvalue weighted by Crippen LogP contribution is -2.41. The molecule has 0 spiro atoms. The fourth-order valence-electron chi connectivity index (χ4n) is 2.14. The molecule has 0 aromatic heterocycles. The molecule has 0 radical (unpaired) electrons. The van der Waals surface area contributed by atoms with Gasteiger partial charge in [-0.05, 0) is 25.2 Å². The molecule has 2 nitrogen and oxygen atoms in total. The molecule has 0 aromatic rings. The van der Waals surface area contributed by atoms with Crippen molar-refractivity contribution >= 4 is 0 Å². The van der Waals surface area contributed by atoms with Gasteiger partial charge in [0, 0.05) is 12.6 Å². The second kappa shape index (κ2) is 8.12. The van der Waals surface area contributed by atoms with E-state index >= 15 is 0 Å². The van der Waals surface area contributed by atoms with Crippen molar-refractivity contribution in [3.63, 3.8) is 0 Å². The molecule has 2 heteroatoms. The van der Waals surface area contributed by atoms with E-state index in [0.29, 0.717) is 5.92 Å². The van der Waals surface area contributed by atoms with Crippen LogP contribution in [0.5, 0.6) is 0 Å². The minimum absolute atomic E-state index is 0.190. The predicted molar refractivity (Wildman–Crippen MR) is 66.9 cm³/mol. The summed E-state index contributed by atoms with van der Waals surface area (Å²) in [6.45, 7) is 11.7. The zero-order valence-corrected chi connectivity index (χ0v) is 11.1. The highest BCUT2D eigenvalue weighted by molar-refractivity contribution is 4.78. The van der Waals surface area contributed by atoms with Gasteiger partial charge in [0.1, 0.15) is 0 Å². The molecule has 0 heterocycles. The average molecular weight is 215 g/mol. The van der Waals surface area contributed by atoms with Gasteiger partial charge in [-0.15, -0.1) is 0 Å². The second-order valence-electron chi connectivity index (χ2n) is 4.75. The van der Waals surface area contributed by atoms with Crippen LogP contribution >= 0.6 is 0 Å². The van der Waals surface area contributed by atoms with Crippen LogP contribution in [0.25, 0.3) is 0 Å². The normalized spacial score (nSPS) is 16.0. The van der Waals surface area contributed by atoms with Crippen LogP contribution < -0.4 is 5.73 Å². The van der Waals surface area contributed by atoms with Gasteiger partial charge in [0.2, 0.25) is 0 Å². The van der Waals surface area contributed by atoms with Gasteiger partial charge in [-0.25, -0.2) is 0 Å². The maximum atomic E-state index is 6.23. The minimum atomic E-state index is 0.190. The molecule has 0 rings (SSSR count). The summed E-state index contributed by atoms with van der Waals surface area (Å²) in [6.07, 6.45) is 3.76. The van der Waals surface area contributed by atoms with E-state index in [1.807, 2.05) is 6.92 Å². The maximum Gasteiger partial charge on any atom is 0.0748 e. The predicted octanol–water partition coefficient (Wildman–Crippen LogP) is 3.20. The van der Waals surface area contributed by atoms with Crippen LogP contribution in [0.15, 0.2) is 0 Å². The highest BCUT2D eigenvalue weighted by Crippen LogP contribution is 2.20. The first-order valence-electron chi connectivity index (χ1n) is 6.43. The number of ether oxygens (including phenoxy) is 1. The molecule has 0 fully saturated rings. The van der Waals surface area contributed by atoms with Gasteiger partial charge in [0.25, 0.3) is 0 Å². The van der Waals surface area contributed by atoms with Gasteiger partial charge in [0.05, 0.1) is 6.10 Å². The van der Waals surface area contributed by atoms with Crippen LogP contribution in [0.4, 0.5) is 0 Å². The topological polar surface area (TPSA) is 35.2 Å². The Kier molecular flexibility index (Phi) is 8.07. The van der Waals surface area contributed by atoms with Crippen LogP contribution in [0, 0.1) is 11.8 Å². The van der Waals surface area contributed by atoms with Crippen LogP contribution in [0.2, 0.25) is 0 Å². The summed E-state index contributed by atoms with van der Waals surface area (Å²) in [4.78, 5) is 0. The Morgan fingerprint density at radius 1 is 1.07 bits per heavy atom. The first kappa shape index (κ1) is 14.9. The Morgan fingerprint density at radius 2 is 1.60 bits per heavy atom. The fraction of sp³-hybridized carbons (Fsp3) is 1.00. The molecule has 0 saturated carbocycles. The molecule has 15 heavy (non-hydrogen) atoms. The van der Waals surface area contributed by atoms with Gasteiger partial charge in [-0.2, -0.15) is 0 Å². The molecule has 92 valence electrons. The molecule has 2 unspecified atom stereocenters. The van der Waals surface area contributed by atoms with Crippen LogP contribution in [-0.2, 0) is 4.74 Å². The highest BCUT2D eigenvalue weighted by Gasteiger charge is 2.23. The summed E-state index contributed by atoms with van der Waals surface area (Å²) in [5.74, 6) is 1.26. The van der Waals surface area contributed by atoms with Crippen LogP contribution in [-0.4, -0.2) is 18.8 Å². The van der Waals surface area contributed by atoms with Crippen molar-refractivity contribution < 1.29 is 4.74 Å². The summed E-state index contributed by atoms with van der Waals surface area (Å²) in [6, 6.07) is 0.190. The van der Waals surface area contributed by atoms with Gasteiger partial charge in [0.15, 0.2) is 0 Å². The Morgan fingerprint density at radius 3 is 1.93 bits per heavy atom. The zero-order chi connectivity index (χ0) is 11.8. The number of rotatable bonds is 8. The first-order chi connectivity index (χ1) is 7.06. The standard InChI is InChI=1S/C13H29NO/c1-6-11(7-2)9-12(14)13(10(4)5)15-8-3/h10-13H,6-9,14H2,1-5H3. The Balaban J connectivity index is 4.17. The first-order valence-corrected chi connectivity index (χ1v) is 6.43. The Hall–Kier alpha value is -0.0800. The van der Waals surface area contributed by atoms with E-state index in [-0.39, 0.29) is 12.1 Å². The largest absolute Gasteiger partial charge is 0.377 e. The number of nitrogens with two attached hydrogens (primary N) is 1. The van der Waals surface area contributed by atoms with Crippen molar-refractivity contribution in [1.82, 2.24) is 0 Å². The van der Waals surface area contributed by atoms with E-state index in [1.165, 1.54) is 12.8 Å². The van der Waals surface area contributed by atoms with Crippen molar-refractivity contribution in [3.8, 4) is 0 Å². The summed E-state index contributed by atoms with van der Waals surface area (Å²) < 4.78 is 5.73. The molecule has 0 aromatic carbocycles. The smallest absolute Gasteiger partial charge is 0.0748 e. The molecule has 0 amide bonds. The van der Waals surface area contributed by atoms with Gasteiger partial charge in [-0.3, -0.25) is 0 Å². The lowest BCUT2D eigenvalue weighted by Gasteiger charge is -2.29. The maximum absolute atomic E-state index is 6.23. The van der Waals surface area contributed by atoms with Crippen molar-refractivity contribution in [1.29, 1.82) is 0 Å². The quantitative estimate of drug-likeness (QED) is 0.675. The van der Waals surface area contributed by atoms with E-state index in [1.54, 1.807) is 0 Å². The van der Waals surface area contributed by atoms with E-state index in [0.717, 1.165) is 18.9 Å². The third-order valence-corrected chi connectivity index (χ3v) is 3.20. The molecule has 0 saturated heterocycles. The molecule has 0 aliphatic rings. The van der Waals surface area contributed by atoms with Crippen molar-refractivity contribution in [2.24, 2.45) is 17.6 Å². The third kappa shape index (κ3) is 5.53. The molecule has 0 aliphatic carbocycles. The molecule has 2 N–H and O–H groups in total. The highest BCUT2D eigenvalue weighted by atomic mass is 16.5. The lowest BCUT2D eigenvalue weighted by atomic mass is 9.89. The van der Waals surface area contributed by atoms with Crippen LogP contribution in [0.3, 0.4) is 0 Å². The molecule has 0 bridgehead atoms. The SMILES string of the molecule is CCOC(C(C)C)C(N)CC(CC)CC. The average Bonchev–Trinajstić information content (AvgIpc) is 2.21. The summed E-state index contributed by atoms with van der Waals surface area (Å²) in [7, 11) is 0. The van der Waals surface area contributed by atoms with Gasteiger partial charge >= 0.3 is 0 Å². The molecule has 2 atom stereocenters. The van der Waals surface area contributed by atoms with Gasteiger partial charge < -0.3 is 10.5 Å². The van der Waals surface area contributed by atoms with Gasteiger partial charge in [-0.1, -0.05) is 40.5 Å². The minimum Gasteiger partial charge on any atom is -0.377 e. The van der Waals surface area contributed by atoms with E-state index < -0.39 is 0 Å². The fourth-order valence-corrected chi connectivity index (χ4v) is 2.14. The molecule has 0 aliphatic heterocycles. The monoisotopic (exact) mass is 215 g/mol.